The predicted molar refractivity (Wildman–Crippen MR) is 74.8 cm³/mol. The quantitative estimate of drug-likeness (QED) is 0.905. The summed E-state index contributed by atoms with van der Waals surface area (Å²) < 4.78 is 27.2. The lowest BCUT2D eigenvalue weighted by atomic mass is 10.2. The Kier molecular flexibility index (Phi) is 3.99. The van der Waals surface area contributed by atoms with E-state index in [0.29, 0.717) is 16.0 Å². The molecule has 1 aromatic carbocycles. The second-order valence-corrected chi connectivity index (χ2v) is 4.88. The standard InChI is InChI=1S/C13H12BrF2N3/c1-7-11(17)6-19-13(12(7)14)18-5-8-4-9(15)2-3-10(8)16/h2-4,6H,5,17H2,1H3,(H,18,19). The molecule has 6 heteroatoms. The molecule has 100 valence electrons. The van der Waals surface area contributed by atoms with Gasteiger partial charge in [-0.05, 0) is 46.6 Å². The molecule has 0 saturated carbocycles. The number of nitrogens with one attached hydrogen (secondary N) is 1. The fourth-order valence-electron chi connectivity index (χ4n) is 1.57. The van der Waals surface area contributed by atoms with E-state index in [1.165, 1.54) is 6.20 Å². The minimum atomic E-state index is -0.473. The Morgan fingerprint density at radius 2 is 2.11 bits per heavy atom. The van der Waals surface area contributed by atoms with Crippen molar-refractivity contribution in [3.63, 3.8) is 0 Å². The summed E-state index contributed by atoms with van der Waals surface area (Å²) in [5, 5.41) is 2.95. The summed E-state index contributed by atoms with van der Waals surface area (Å²) >= 11 is 3.36. The maximum absolute atomic E-state index is 13.5. The zero-order valence-corrected chi connectivity index (χ0v) is 11.8. The maximum Gasteiger partial charge on any atom is 0.140 e. The molecule has 3 N–H and O–H groups in total. The number of aromatic nitrogens is 1. The molecule has 0 atom stereocenters. The van der Waals surface area contributed by atoms with Crippen LogP contribution in [0.4, 0.5) is 20.3 Å². The first-order valence-electron chi connectivity index (χ1n) is 5.57. The minimum Gasteiger partial charge on any atom is -0.397 e. The number of anilines is 2. The second-order valence-electron chi connectivity index (χ2n) is 4.09. The molecule has 0 fully saturated rings. The van der Waals surface area contributed by atoms with Crippen LogP contribution in [0.2, 0.25) is 0 Å². The normalized spacial score (nSPS) is 10.5. The SMILES string of the molecule is Cc1c(N)cnc(NCc2cc(F)ccc2F)c1Br. The molecular formula is C13H12BrF2N3. The number of nitrogen functional groups attached to an aromatic ring is 1. The summed E-state index contributed by atoms with van der Waals surface area (Å²) in [4.78, 5) is 4.11. The Morgan fingerprint density at radius 1 is 1.37 bits per heavy atom. The molecular weight excluding hydrogens is 316 g/mol. The van der Waals surface area contributed by atoms with Crippen LogP contribution in [0.15, 0.2) is 28.9 Å². The van der Waals surface area contributed by atoms with Gasteiger partial charge in [-0.3, -0.25) is 0 Å². The highest BCUT2D eigenvalue weighted by Crippen LogP contribution is 2.28. The monoisotopic (exact) mass is 327 g/mol. The Hall–Kier alpha value is -1.69. The number of nitrogens with two attached hydrogens (primary N) is 1. The maximum atomic E-state index is 13.5. The molecule has 0 aliphatic carbocycles. The largest absolute Gasteiger partial charge is 0.397 e. The van der Waals surface area contributed by atoms with Crippen molar-refractivity contribution < 1.29 is 8.78 Å². The zero-order valence-electron chi connectivity index (χ0n) is 10.2. The molecule has 0 spiro atoms. The van der Waals surface area contributed by atoms with Crippen LogP contribution in [-0.2, 0) is 6.54 Å². The summed E-state index contributed by atoms with van der Waals surface area (Å²) in [5.74, 6) is -0.397. The highest BCUT2D eigenvalue weighted by molar-refractivity contribution is 9.10. The molecule has 0 saturated heterocycles. The lowest BCUT2D eigenvalue weighted by Crippen LogP contribution is -2.06. The fraction of sp³-hybridized carbons (Fsp3) is 0.154. The lowest BCUT2D eigenvalue weighted by Gasteiger charge is -2.11. The van der Waals surface area contributed by atoms with Gasteiger partial charge in [-0.15, -0.1) is 0 Å². The molecule has 0 bridgehead atoms. The van der Waals surface area contributed by atoms with E-state index in [2.05, 4.69) is 26.2 Å². The van der Waals surface area contributed by atoms with Gasteiger partial charge in [0.2, 0.25) is 0 Å². The average Bonchev–Trinajstić information content (AvgIpc) is 2.39. The van der Waals surface area contributed by atoms with E-state index in [1.807, 2.05) is 6.92 Å². The molecule has 0 aliphatic heterocycles. The predicted octanol–water partition coefficient (Wildman–Crippen LogP) is 3.63. The molecule has 0 radical (unpaired) electrons. The minimum absolute atomic E-state index is 0.137. The van der Waals surface area contributed by atoms with Crippen molar-refractivity contribution in [1.29, 1.82) is 0 Å². The first-order valence-corrected chi connectivity index (χ1v) is 6.36. The first kappa shape index (κ1) is 13.7. The molecule has 1 heterocycles. The molecule has 2 rings (SSSR count). The third-order valence-electron chi connectivity index (χ3n) is 2.76. The van der Waals surface area contributed by atoms with Crippen molar-refractivity contribution in [2.45, 2.75) is 13.5 Å². The highest BCUT2D eigenvalue weighted by atomic mass is 79.9. The van der Waals surface area contributed by atoms with E-state index in [-0.39, 0.29) is 12.1 Å². The zero-order chi connectivity index (χ0) is 14.0. The number of pyridine rings is 1. The van der Waals surface area contributed by atoms with Gasteiger partial charge < -0.3 is 11.1 Å². The third-order valence-corrected chi connectivity index (χ3v) is 3.73. The Labute approximate surface area is 118 Å². The van der Waals surface area contributed by atoms with Crippen molar-refractivity contribution in [3.05, 3.63) is 51.6 Å². The van der Waals surface area contributed by atoms with Crippen molar-refractivity contribution in [2.24, 2.45) is 0 Å². The van der Waals surface area contributed by atoms with E-state index in [1.54, 1.807) is 0 Å². The number of hydrogen-bond acceptors (Lipinski definition) is 3. The van der Waals surface area contributed by atoms with Crippen LogP contribution in [0.1, 0.15) is 11.1 Å². The molecule has 0 amide bonds. The van der Waals surface area contributed by atoms with Gasteiger partial charge in [0.1, 0.15) is 17.5 Å². The van der Waals surface area contributed by atoms with Gasteiger partial charge in [0.25, 0.3) is 0 Å². The van der Waals surface area contributed by atoms with E-state index in [4.69, 9.17) is 5.73 Å². The van der Waals surface area contributed by atoms with E-state index >= 15 is 0 Å². The van der Waals surface area contributed by atoms with Crippen molar-refractivity contribution >= 4 is 27.4 Å². The molecule has 19 heavy (non-hydrogen) atoms. The number of rotatable bonds is 3. The average molecular weight is 328 g/mol. The van der Waals surface area contributed by atoms with Crippen molar-refractivity contribution in [1.82, 2.24) is 4.98 Å². The Bertz CT molecular complexity index is 617. The van der Waals surface area contributed by atoms with Crippen LogP contribution in [0.3, 0.4) is 0 Å². The Balaban J connectivity index is 2.19. The summed E-state index contributed by atoms with van der Waals surface area (Å²) in [7, 11) is 0. The van der Waals surface area contributed by atoms with Gasteiger partial charge in [-0.1, -0.05) is 0 Å². The van der Waals surface area contributed by atoms with Gasteiger partial charge in [-0.2, -0.15) is 0 Å². The lowest BCUT2D eigenvalue weighted by molar-refractivity contribution is 0.587. The van der Waals surface area contributed by atoms with Crippen LogP contribution in [-0.4, -0.2) is 4.98 Å². The summed E-state index contributed by atoms with van der Waals surface area (Å²) in [6, 6.07) is 3.34. The number of nitrogens with zero attached hydrogens (tertiary/aromatic N) is 1. The van der Waals surface area contributed by atoms with E-state index in [9.17, 15) is 8.78 Å². The fourth-order valence-corrected chi connectivity index (χ4v) is 2.04. The Morgan fingerprint density at radius 3 is 2.84 bits per heavy atom. The van der Waals surface area contributed by atoms with Gasteiger partial charge >= 0.3 is 0 Å². The van der Waals surface area contributed by atoms with Crippen molar-refractivity contribution in [2.75, 3.05) is 11.1 Å². The van der Waals surface area contributed by atoms with Crippen LogP contribution < -0.4 is 11.1 Å². The van der Waals surface area contributed by atoms with Gasteiger partial charge in [0, 0.05) is 12.1 Å². The molecule has 2 aromatic rings. The van der Waals surface area contributed by atoms with Gasteiger partial charge in [0.15, 0.2) is 0 Å². The molecule has 1 aromatic heterocycles. The van der Waals surface area contributed by atoms with E-state index in [0.717, 1.165) is 23.8 Å². The molecule has 0 unspecified atom stereocenters. The van der Waals surface area contributed by atoms with Crippen molar-refractivity contribution in [3.8, 4) is 0 Å². The number of benzene rings is 1. The smallest absolute Gasteiger partial charge is 0.140 e. The molecule has 0 aliphatic rings. The van der Waals surface area contributed by atoms with E-state index < -0.39 is 11.6 Å². The summed E-state index contributed by atoms with van der Waals surface area (Å²) in [6.45, 7) is 1.98. The van der Waals surface area contributed by atoms with Crippen LogP contribution in [0.25, 0.3) is 0 Å². The van der Waals surface area contributed by atoms with Crippen LogP contribution in [0, 0.1) is 18.6 Å². The molecule has 3 nitrogen and oxygen atoms in total. The van der Waals surface area contributed by atoms with Gasteiger partial charge in [0.05, 0.1) is 16.4 Å². The van der Waals surface area contributed by atoms with Gasteiger partial charge in [-0.25, -0.2) is 13.8 Å². The summed E-state index contributed by atoms with van der Waals surface area (Å²) in [5.41, 5.74) is 7.36. The highest BCUT2D eigenvalue weighted by Gasteiger charge is 2.09. The van der Waals surface area contributed by atoms with Crippen LogP contribution >= 0.6 is 15.9 Å². The number of hydrogen-bond donors (Lipinski definition) is 2. The second kappa shape index (κ2) is 5.52. The topological polar surface area (TPSA) is 50.9 Å². The number of halogens is 3. The first-order chi connectivity index (χ1) is 8.99. The van der Waals surface area contributed by atoms with Crippen LogP contribution in [0.5, 0.6) is 0 Å². The summed E-state index contributed by atoms with van der Waals surface area (Å²) in [6.07, 6.45) is 1.52. The third kappa shape index (κ3) is 3.01.